The molecule has 1 aromatic carbocycles. The maximum Gasteiger partial charge on any atom is 0.250 e. The van der Waals surface area contributed by atoms with Crippen molar-refractivity contribution in [3.8, 4) is 11.5 Å². The van der Waals surface area contributed by atoms with Crippen molar-refractivity contribution in [3.63, 3.8) is 0 Å². The molecular weight excluding hydrogens is 426 g/mol. The molecule has 178 valence electrons. The van der Waals surface area contributed by atoms with Crippen LogP contribution in [0.3, 0.4) is 0 Å². The third-order valence-corrected chi connectivity index (χ3v) is 5.16. The molecule has 2 aliphatic heterocycles. The molecule has 0 unspecified atom stereocenters. The number of nitrogens with one attached hydrogen (secondary N) is 1. The number of ether oxygens (including phenoxy) is 4. The number of nitrogens with zero attached hydrogens (tertiary/aromatic N) is 6. The Morgan fingerprint density at radius 2 is 1.52 bits per heavy atom. The Morgan fingerprint density at radius 3 is 2.09 bits per heavy atom. The zero-order chi connectivity index (χ0) is 22.9. The smallest absolute Gasteiger partial charge is 0.250 e. The summed E-state index contributed by atoms with van der Waals surface area (Å²) in [4.78, 5) is 18.1. The Labute approximate surface area is 193 Å². The van der Waals surface area contributed by atoms with Gasteiger partial charge in [0, 0.05) is 37.8 Å². The van der Waals surface area contributed by atoms with E-state index >= 15 is 0 Å². The van der Waals surface area contributed by atoms with E-state index in [4.69, 9.17) is 23.9 Å². The summed E-state index contributed by atoms with van der Waals surface area (Å²) in [6, 6.07) is 5.67. The molecule has 0 radical (unpaired) electrons. The number of hydrogen-bond donors (Lipinski definition) is 1. The van der Waals surface area contributed by atoms with E-state index in [0.717, 1.165) is 37.5 Å². The van der Waals surface area contributed by atoms with Crippen molar-refractivity contribution in [1.82, 2.24) is 15.0 Å². The van der Waals surface area contributed by atoms with Gasteiger partial charge >= 0.3 is 0 Å². The van der Waals surface area contributed by atoms with Crippen LogP contribution in [-0.4, -0.2) is 87.0 Å². The molecule has 11 nitrogen and oxygen atoms in total. The fraction of sp³-hybridized carbons (Fsp3) is 0.545. The van der Waals surface area contributed by atoms with E-state index in [2.05, 4.69) is 30.3 Å². The van der Waals surface area contributed by atoms with Gasteiger partial charge in [-0.2, -0.15) is 20.1 Å². The van der Waals surface area contributed by atoms with E-state index in [1.165, 1.54) is 0 Å². The molecule has 2 aromatic rings. The Bertz CT molecular complexity index is 895. The van der Waals surface area contributed by atoms with Gasteiger partial charge in [-0.15, -0.1) is 0 Å². The maximum absolute atomic E-state index is 5.75. The Morgan fingerprint density at radius 1 is 0.909 bits per heavy atom. The fourth-order valence-corrected chi connectivity index (χ4v) is 3.53. The van der Waals surface area contributed by atoms with Gasteiger partial charge in [0.25, 0.3) is 0 Å². The van der Waals surface area contributed by atoms with Crippen LogP contribution in [0.25, 0.3) is 0 Å². The third kappa shape index (κ3) is 6.20. The number of anilines is 3. The topological polar surface area (TPSA) is 106 Å². The monoisotopic (exact) mass is 457 g/mol. The zero-order valence-corrected chi connectivity index (χ0v) is 19.2. The second-order valence-electron chi connectivity index (χ2n) is 7.39. The highest BCUT2D eigenvalue weighted by Crippen LogP contribution is 2.24. The summed E-state index contributed by atoms with van der Waals surface area (Å²) < 4.78 is 22.2. The number of hydrogen-bond acceptors (Lipinski definition) is 11. The van der Waals surface area contributed by atoms with Crippen LogP contribution in [0.5, 0.6) is 11.5 Å². The highest BCUT2D eigenvalue weighted by molar-refractivity contribution is 5.84. The van der Waals surface area contributed by atoms with Crippen LogP contribution in [0.2, 0.25) is 0 Å². The van der Waals surface area contributed by atoms with Gasteiger partial charge in [0.15, 0.2) is 0 Å². The molecule has 2 aliphatic rings. The van der Waals surface area contributed by atoms with Crippen molar-refractivity contribution in [1.29, 1.82) is 0 Å². The third-order valence-electron chi connectivity index (χ3n) is 5.16. The molecular formula is C22H31N7O4. The first-order valence-electron chi connectivity index (χ1n) is 11.4. The molecule has 0 amide bonds. The van der Waals surface area contributed by atoms with Crippen molar-refractivity contribution in [3.05, 3.63) is 23.8 Å². The minimum absolute atomic E-state index is 0.383. The molecule has 0 atom stereocenters. The average Bonchev–Trinajstić information content (AvgIpc) is 2.86. The van der Waals surface area contributed by atoms with Gasteiger partial charge in [0.1, 0.15) is 11.5 Å². The Hall–Kier alpha value is -3.18. The minimum atomic E-state index is 0.383. The van der Waals surface area contributed by atoms with Crippen molar-refractivity contribution in [2.45, 2.75) is 13.8 Å². The average molecular weight is 458 g/mol. The second kappa shape index (κ2) is 11.6. The van der Waals surface area contributed by atoms with Gasteiger partial charge in [-0.1, -0.05) is 0 Å². The lowest BCUT2D eigenvalue weighted by Gasteiger charge is -2.30. The summed E-state index contributed by atoms with van der Waals surface area (Å²) in [6.45, 7) is 10.6. The number of rotatable bonds is 9. The SMILES string of the molecule is CCOc1ccc(C=NNc2nc(N3CCOCC3)nc(N3CCOCC3)n2)c(OCC)c1. The van der Waals surface area contributed by atoms with E-state index in [-0.39, 0.29) is 0 Å². The molecule has 3 heterocycles. The lowest BCUT2D eigenvalue weighted by Crippen LogP contribution is -2.40. The summed E-state index contributed by atoms with van der Waals surface area (Å²) in [5, 5.41) is 4.37. The highest BCUT2D eigenvalue weighted by atomic mass is 16.5. The number of aromatic nitrogens is 3. The van der Waals surface area contributed by atoms with E-state index < -0.39 is 0 Å². The van der Waals surface area contributed by atoms with Gasteiger partial charge in [-0.3, -0.25) is 0 Å². The first-order valence-corrected chi connectivity index (χ1v) is 11.4. The minimum Gasteiger partial charge on any atom is -0.494 e. The van der Waals surface area contributed by atoms with Crippen LogP contribution in [-0.2, 0) is 9.47 Å². The quantitative estimate of drug-likeness (QED) is 0.442. The second-order valence-corrected chi connectivity index (χ2v) is 7.39. The summed E-state index contributed by atoms with van der Waals surface area (Å²) in [6.07, 6.45) is 1.69. The molecule has 11 heteroatoms. The van der Waals surface area contributed by atoms with E-state index in [0.29, 0.717) is 63.2 Å². The molecule has 2 fully saturated rings. The van der Waals surface area contributed by atoms with Gasteiger partial charge in [-0.05, 0) is 26.0 Å². The number of morpholine rings is 2. The standard InChI is InChI=1S/C22H31N7O4/c1-3-32-18-6-5-17(19(15-18)33-4-2)16-23-27-20-24-21(28-7-11-30-12-8-28)26-22(25-20)29-9-13-31-14-10-29/h5-6,15-16H,3-4,7-14H2,1-2H3,(H,24,25,26,27). The van der Waals surface area contributed by atoms with Crippen LogP contribution in [0.15, 0.2) is 23.3 Å². The van der Waals surface area contributed by atoms with Gasteiger partial charge in [0.05, 0.1) is 45.9 Å². The first kappa shape index (κ1) is 23.0. The predicted molar refractivity (Wildman–Crippen MR) is 126 cm³/mol. The largest absolute Gasteiger partial charge is 0.494 e. The highest BCUT2D eigenvalue weighted by Gasteiger charge is 2.20. The first-order chi connectivity index (χ1) is 16.3. The van der Waals surface area contributed by atoms with Crippen LogP contribution in [0, 0.1) is 0 Å². The van der Waals surface area contributed by atoms with E-state index in [1.807, 2.05) is 32.0 Å². The predicted octanol–water partition coefficient (Wildman–Crippen LogP) is 1.79. The molecule has 0 bridgehead atoms. The molecule has 0 spiro atoms. The fourth-order valence-electron chi connectivity index (χ4n) is 3.53. The van der Waals surface area contributed by atoms with Gasteiger partial charge in [0.2, 0.25) is 17.8 Å². The van der Waals surface area contributed by atoms with Gasteiger partial charge in [-0.25, -0.2) is 5.43 Å². The molecule has 2 saturated heterocycles. The normalized spacial score (nSPS) is 16.8. The van der Waals surface area contributed by atoms with Crippen molar-refractivity contribution in [2.75, 3.05) is 81.0 Å². The summed E-state index contributed by atoms with van der Waals surface area (Å²) in [7, 11) is 0. The molecule has 33 heavy (non-hydrogen) atoms. The molecule has 4 rings (SSSR count). The van der Waals surface area contributed by atoms with E-state index in [9.17, 15) is 0 Å². The molecule has 0 aliphatic carbocycles. The van der Waals surface area contributed by atoms with Crippen molar-refractivity contribution < 1.29 is 18.9 Å². The Kier molecular flexibility index (Phi) is 8.09. The van der Waals surface area contributed by atoms with Crippen LogP contribution in [0.4, 0.5) is 17.8 Å². The van der Waals surface area contributed by atoms with Crippen LogP contribution < -0.4 is 24.7 Å². The number of benzene rings is 1. The molecule has 1 N–H and O–H groups in total. The van der Waals surface area contributed by atoms with Gasteiger partial charge < -0.3 is 28.7 Å². The van der Waals surface area contributed by atoms with Crippen molar-refractivity contribution in [2.24, 2.45) is 5.10 Å². The lowest BCUT2D eigenvalue weighted by atomic mass is 10.2. The molecule has 0 saturated carbocycles. The number of hydrazone groups is 1. The lowest BCUT2D eigenvalue weighted by molar-refractivity contribution is 0.121. The summed E-state index contributed by atoms with van der Waals surface area (Å²) >= 11 is 0. The van der Waals surface area contributed by atoms with E-state index in [1.54, 1.807) is 6.21 Å². The summed E-state index contributed by atoms with van der Waals surface area (Å²) in [5.41, 5.74) is 3.79. The molecule has 1 aromatic heterocycles. The van der Waals surface area contributed by atoms with Crippen LogP contribution >= 0.6 is 0 Å². The van der Waals surface area contributed by atoms with Crippen LogP contribution in [0.1, 0.15) is 19.4 Å². The summed E-state index contributed by atoms with van der Waals surface area (Å²) in [5.74, 6) is 3.07. The van der Waals surface area contributed by atoms with Crippen molar-refractivity contribution >= 4 is 24.1 Å². The maximum atomic E-state index is 5.75. The Balaban J connectivity index is 1.54. The zero-order valence-electron chi connectivity index (χ0n) is 19.2.